The summed E-state index contributed by atoms with van der Waals surface area (Å²) in [5.74, 6) is 1.08. The summed E-state index contributed by atoms with van der Waals surface area (Å²) in [6.45, 7) is 6.20. The van der Waals surface area contributed by atoms with Gasteiger partial charge in [-0.2, -0.15) is 5.26 Å². The molecule has 0 bridgehead atoms. The summed E-state index contributed by atoms with van der Waals surface area (Å²) in [6.07, 6.45) is 0. The molecule has 3 nitrogen and oxygen atoms in total. The van der Waals surface area contributed by atoms with Gasteiger partial charge in [0, 0.05) is 5.92 Å². The monoisotopic (exact) mass is 246 g/mol. The van der Waals surface area contributed by atoms with Crippen molar-refractivity contribution in [2.75, 3.05) is 21.2 Å². The zero-order valence-electron chi connectivity index (χ0n) is 12.1. The van der Waals surface area contributed by atoms with Crippen molar-refractivity contribution in [2.24, 2.45) is 0 Å². The van der Waals surface area contributed by atoms with Gasteiger partial charge in [0.15, 0.2) is 0 Å². The van der Waals surface area contributed by atoms with Crippen molar-refractivity contribution >= 4 is 0 Å². The van der Waals surface area contributed by atoms with Gasteiger partial charge in [0.05, 0.1) is 13.2 Å². The summed E-state index contributed by atoms with van der Waals surface area (Å²) in [6, 6.07) is 6.43. The lowest BCUT2D eigenvalue weighted by Crippen LogP contribution is -2.31. The molecule has 2 unspecified atom stereocenters. The number of rotatable bonds is 4. The lowest BCUT2D eigenvalue weighted by molar-refractivity contribution is 0.316. The highest BCUT2D eigenvalue weighted by atomic mass is 16.5. The second kappa shape index (κ2) is 5.88. The maximum atomic E-state index is 9.27. The fraction of sp³-hybridized carbons (Fsp3) is 0.533. The number of hydrogen-bond donors (Lipinski definition) is 0. The van der Waals surface area contributed by atoms with Crippen molar-refractivity contribution < 1.29 is 4.74 Å². The molecule has 0 aliphatic carbocycles. The zero-order valence-corrected chi connectivity index (χ0v) is 12.1. The van der Waals surface area contributed by atoms with Crippen LogP contribution in [0.4, 0.5) is 0 Å². The smallest absolute Gasteiger partial charge is 0.122 e. The van der Waals surface area contributed by atoms with E-state index in [0.717, 1.165) is 11.3 Å². The van der Waals surface area contributed by atoms with E-state index in [1.807, 2.05) is 32.0 Å². The Labute approximate surface area is 110 Å². The van der Waals surface area contributed by atoms with Gasteiger partial charge in [-0.25, -0.2) is 0 Å². The minimum Gasteiger partial charge on any atom is -0.496 e. The van der Waals surface area contributed by atoms with E-state index in [2.05, 4.69) is 26.0 Å². The third-order valence-electron chi connectivity index (χ3n) is 3.44. The van der Waals surface area contributed by atoms with Crippen molar-refractivity contribution in [3.05, 3.63) is 28.8 Å². The molecule has 2 atom stereocenters. The van der Waals surface area contributed by atoms with E-state index in [-0.39, 0.29) is 12.0 Å². The van der Waals surface area contributed by atoms with E-state index in [0.29, 0.717) is 0 Å². The number of ether oxygens (including phenoxy) is 1. The van der Waals surface area contributed by atoms with Crippen LogP contribution in [0.5, 0.6) is 5.75 Å². The third-order valence-corrected chi connectivity index (χ3v) is 3.44. The van der Waals surface area contributed by atoms with Crippen molar-refractivity contribution in [2.45, 2.75) is 32.7 Å². The first-order valence-electron chi connectivity index (χ1n) is 6.13. The summed E-state index contributed by atoms with van der Waals surface area (Å²) in [4.78, 5) is 1.96. The molecule has 0 aliphatic heterocycles. The van der Waals surface area contributed by atoms with E-state index in [1.165, 1.54) is 11.1 Å². The summed E-state index contributed by atoms with van der Waals surface area (Å²) in [7, 11) is 5.56. The van der Waals surface area contributed by atoms with Gasteiger partial charge in [-0.3, -0.25) is 4.90 Å². The molecule has 1 aromatic carbocycles. The van der Waals surface area contributed by atoms with Crippen LogP contribution in [-0.2, 0) is 0 Å². The molecule has 98 valence electrons. The molecule has 0 spiro atoms. The summed E-state index contributed by atoms with van der Waals surface area (Å²) in [5.41, 5.74) is 3.50. The number of benzene rings is 1. The lowest BCUT2D eigenvalue weighted by atomic mass is 9.89. The van der Waals surface area contributed by atoms with Gasteiger partial charge in [-0.05, 0) is 50.7 Å². The van der Waals surface area contributed by atoms with E-state index in [4.69, 9.17) is 4.74 Å². The highest BCUT2D eigenvalue weighted by molar-refractivity contribution is 5.43. The van der Waals surface area contributed by atoms with E-state index in [1.54, 1.807) is 7.11 Å². The Morgan fingerprint density at radius 1 is 1.22 bits per heavy atom. The zero-order chi connectivity index (χ0) is 13.9. The molecule has 0 fully saturated rings. The van der Waals surface area contributed by atoms with Crippen LogP contribution in [-0.4, -0.2) is 32.1 Å². The van der Waals surface area contributed by atoms with Crippen molar-refractivity contribution in [1.29, 1.82) is 5.26 Å². The van der Waals surface area contributed by atoms with E-state index >= 15 is 0 Å². The van der Waals surface area contributed by atoms with Crippen LogP contribution in [0.15, 0.2) is 12.1 Å². The van der Waals surface area contributed by atoms with Crippen LogP contribution >= 0.6 is 0 Å². The standard InChI is InChI=1S/C15H22N2O/c1-10-8-15(18-6)11(2)7-13(10)12(3)14(9-16)17(4)5/h7-8,12,14H,1-6H3. The molecule has 1 rings (SSSR count). The lowest BCUT2D eigenvalue weighted by Gasteiger charge is -2.26. The number of nitriles is 1. The van der Waals surface area contributed by atoms with Gasteiger partial charge in [-0.15, -0.1) is 0 Å². The minimum atomic E-state index is -0.114. The van der Waals surface area contributed by atoms with Crippen molar-refractivity contribution in [3.8, 4) is 11.8 Å². The highest BCUT2D eigenvalue weighted by Gasteiger charge is 2.22. The van der Waals surface area contributed by atoms with Crippen LogP contribution < -0.4 is 4.74 Å². The Morgan fingerprint density at radius 2 is 1.83 bits per heavy atom. The van der Waals surface area contributed by atoms with Crippen LogP contribution in [0.2, 0.25) is 0 Å². The van der Waals surface area contributed by atoms with Crippen LogP contribution in [0.25, 0.3) is 0 Å². The van der Waals surface area contributed by atoms with Gasteiger partial charge in [0.2, 0.25) is 0 Å². The number of nitrogens with zero attached hydrogens (tertiary/aromatic N) is 2. The van der Waals surface area contributed by atoms with Gasteiger partial charge < -0.3 is 4.74 Å². The van der Waals surface area contributed by atoms with Gasteiger partial charge in [0.25, 0.3) is 0 Å². The summed E-state index contributed by atoms with van der Waals surface area (Å²) < 4.78 is 5.32. The molecule has 0 saturated carbocycles. The van der Waals surface area contributed by atoms with Crippen LogP contribution in [0, 0.1) is 25.2 Å². The van der Waals surface area contributed by atoms with E-state index < -0.39 is 0 Å². The predicted molar refractivity (Wildman–Crippen MR) is 74.0 cm³/mol. The first-order chi connectivity index (χ1) is 8.42. The molecule has 0 saturated heterocycles. The van der Waals surface area contributed by atoms with Crippen LogP contribution in [0.1, 0.15) is 29.5 Å². The molecule has 0 aromatic heterocycles. The van der Waals surface area contributed by atoms with Gasteiger partial charge in [-0.1, -0.05) is 13.0 Å². The minimum absolute atomic E-state index is 0.114. The second-order valence-electron chi connectivity index (χ2n) is 5.00. The predicted octanol–water partition coefficient (Wildman–Crippen LogP) is 2.87. The average Bonchev–Trinajstić information content (AvgIpc) is 2.31. The Balaban J connectivity index is 3.18. The van der Waals surface area contributed by atoms with Gasteiger partial charge >= 0.3 is 0 Å². The first-order valence-corrected chi connectivity index (χ1v) is 6.13. The Kier molecular flexibility index (Phi) is 4.75. The number of methoxy groups -OCH3 is 1. The molecular formula is C15H22N2O. The van der Waals surface area contributed by atoms with Crippen LogP contribution in [0.3, 0.4) is 0 Å². The molecule has 0 N–H and O–H groups in total. The Hall–Kier alpha value is -1.53. The quantitative estimate of drug-likeness (QED) is 0.819. The normalized spacial score (nSPS) is 14.1. The molecule has 18 heavy (non-hydrogen) atoms. The van der Waals surface area contributed by atoms with Crippen molar-refractivity contribution in [1.82, 2.24) is 4.90 Å². The van der Waals surface area contributed by atoms with Gasteiger partial charge in [0.1, 0.15) is 11.8 Å². The third kappa shape index (κ3) is 2.83. The number of likely N-dealkylation sites (N-methyl/N-ethyl adjacent to an activating group) is 1. The van der Waals surface area contributed by atoms with Crippen molar-refractivity contribution in [3.63, 3.8) is 0 Å². The topological polar surface area (TPSA) is 36.3 Å². The maximum Gasteiger partial charge on any atom is 0.122 e. The fourth-order valence-electron chi connectivity index (χ4n) is 2.37. The molecule has 0 amide bonds. The average molecular weight is 246 g/mol. The highest BCUT2D eigenvalue weighted by Crippen LogP contribution is 2.30. The first kappa shape index (κ1) is 14.5. The molecule has 0 radical (unpaired) electrons. The second-order valence-corrected chi connectivity index (χ2v) is 5.00. The maximum absolute atomic E-state index is 9.27. The molecule has 1 aromatic rings. The molecule has 3 heteroatoms. The SMILES string of the molecule is COc1cc(C)c(C(C)C(C#N)N(C)C)cc1C. The summed E-state index contributed by atoms with van der Waals surface area (Å²) >= 11 is 0. The molecule has 0 heterocycles. The summed E-state index contributed by atoms with van der Waals surface area (Å²) in [5, 5.41) is 9.27. The number of hydrogen-bond acceptors (Lipinski definition) is 3. The number of aryl methyl sites for hydroxylation is 2. The Bertz CT molecular complexity index is 460. The molecule has 0 aliphatic rings. The molecular weight excluding hydrogens is 224 g/mol. The Morgan fingerprint density at radius 3 is 2.28 bits per heavy atom. The largest absolute Gasteiger partial charge is 0.496 e. The fourth-order valence-corrected chi connectivity index (χ4v) is 2.37. The van der Waals surface area contributed by atoms with E-state index in [9.17, 15) is 5.26 Å².